The molecule has 0 saturated heterocycles. The van der Waals surface area contributed by atoms with Gasteiger partial charge in [-0.3, -0.25) is 0 Å². The molecule has 0 spiro atoms. The fourth-order valence-corrected chi connectivity index (χ4v) is 1.08. The molecule has 0 atom stereocenters. The van der Waals surface area contributed by atoms with Crippen LogP contribution in [0.4, 0.5) is 5.69 Å². The molecule has 1 nitrogen and oxygen atoms in total. The Labute approximate surface area is 66.5 Å². The fourth-order valence-electron chi connectivity index (χ4n) is 1.08. The predicted molar refractivity (Wildman–Crippen MR) is 48.1 cm³/mol. The van der Waals surface area contributed by atoms with Crippen molar-refractivity contribution >= 4 is 11.8 Å². The van der Waals surface area contributed by atoms with E-state index < -0.39 is 0 Å². The van der Waals surface area contributed by atoms with Crippen LogP contribution in [0.15, 0.2) is 29.8 Å². The zero-order valence-corrected chi connectivity index (χ0v) is 6.38. The summed E-state index contributed by atoms with van der Waals surface area (Å²) >= 11 is 0. The average molecular weight is 145 g/mol. The van der Waals surface area contributed by atoms with Crippen LogP contribution in [0, 0.1) is 0 Å². The number of hydrogen-bond donors (Lipinski definition) is 1. The Balaban J connectivity index is 2.36. The first-order chi connectivity index (χ1) is 5.36. The molecule has 1 aliphatic carbocycles. The van der Waals surface area contributed by atoms with Gasteiger partial charge in [-0.1, -0.05) is 29.8 Å². The van der Waals surface area contributed by atoms with Gasteiger partial charge in [0.15, 0.2) is 0 Å². The highest BCUT2D eigenvalue weighted by Crippen LogP contribution is 2.31. The van der Waals surface area contributed by atoms with Crippen molar-refractivity contribution in [3.8, 4) is 0 Å². The van der Waals surface area contributed by atoms with Crippen molar-refractivity contribution in [2.24, 2.45) is 0 Å². The van der Waals surface area contributed by atoms with Gasteiger partial charge in [-0.2, -0.15) is 0 Å². The predicted octanol–water partition coefficient (Wildman–Crippen LogP) is 2.45. The normalized spacial score (nSPS) is 14.7. The molecular formula is C10H11N. The molecule has 1 aliphatic rings. The van der Waals surface area contributed by atoms with Crippen molar-refractivity contribution in [1.29, 1.82) is 0 Å². The first-order valence-electron chi connectivity index (χ1n) is 3.90. The second-order valence-electron chi connectivity index (χ2n) is 2.93. The number of anilines is 1. The molecule has 2 N–H and O–H groups in total. The lowest BCUT2D eigenvalue weighted by molar-refractivity contribution is 1.50. The molecule has 0 aliphatic heterocycles. The van der Waals surface area contributed by atoms with E-state index in [4.69, 9.17) is 5.73 Å². The molecule has 0 heterocycles. The van der Waals surface area contributed by atoms with Crippen LogP contribution in [-0.4, -0.2) is 0 Å². The lowest BCUT2D eigenvalue weighted by atomic mass is 10.1. The molecule has 1 saturated carbocycles. The number of para-hydroxylation sites is 1. The summed E-state index contributed by atoms with van der Waals surface area (Å²) in [6.07, 6.45) is 4.71. The largest absolute Gasteiger partial charge is 0.398 e. The number of nitrogen functional groups attached to an aromatic ring is 1. The zero-order chi connectivity index (χ0) is 7.68. The molecule has 11 heavy (non-hydrogen) atoms. The van der Waals surface area contributed by atoms with E-state index in [0.29, 0.717) is 0 Å². The highest BCUT2D eigenvalue weighted by Gasteiger charge is 2.10. The Morgan fingerprint density at radius 1 is 1.18 bits per heavy atom. The van der Waals surface area contributed by atoms with E-state index in [-0.39, 0.29) is 0 Å². The molecule has 1 heteroatoms. The van der Waals surface area contributed by atoms with Crippen LogP contribution >= 0.6 is 0 Å². The van der Waals surface area contributed by atoms with Gasteiger partial charge in [0, 0.05) is 5.69 Å². The van der Waals surface area contributed by atoms with Gasteiger partial charge in [-0.25, -0.2) is 0 Å². The van der Waals surface area contributed by atoms with Gasteiger partial charge in [0.25, 0.3) is 0 Å². The molecule has 0 aromatic heterocycles. The van der Waals surface area contributed by atoms with Gasteiger partial charge in [-0.15, -0.1) is 0 Å². The standard InChI is InChI=1S/C10H11N/c11-10-4-2-1-3-9(10)7-8-5-6-8/h1-4,7H,5-6,11H2. The Bertz CT molecular complexity index is 293. The van der Waals surface area contributed by atoms with Crippen molar-refractivity contribution in [2.45, 2.75) is 12.8 Å². The van der Waals surface area contributed by atoms with Crippen LogP contribution in [0.5, 0.6) is 0 Å². The summed E-state index contributed by atoms with van der Waals surface area (Å²) in [4.78, 5) is 0. The topological polar surface area (TPSA) is 26.0 Å². The summed E-state index contributed by atoms with van der Waals surface area (Å²) in [6.45, 7) is 0. The summed E-state index contributed by atoms with van der Waals surface area (Å²) in [6, 6.07) is 7.98. The smallest absolute Gasteiger partial charge is 0.0387 e. The van der Waals surface area contributed by atoms with E-state index in [0.717, 1.165) is 5.69 Å². The minimum Gasteiger partial charge on any atom is -0.398 e. The molecule has 1 aromatic carbocycles. The second kappa shape index (κ2) is 2.42. The molecule has 0 unspecified atom stereocenters. The third-order valence-electron chi connectivity index (χ3n) is 1.89. The van der Waals surface area contributed by atoms with Crippen LogP contribution in [0.25, 0.3) is 6.08 Å². The summed E-state index contributed by atoms with van der Waals surface area (Å²) in [7, 11) is 0. The monoisotopic (exact) mass is 145 g/mol. The van der Waals surface area contributed by atoms with E-state index in [2.05, 4.69) is 12.1 Å². The number of benzene rings is 1. The lowest BCUT2D eigenvalue weighted by Crippen LogP contribution is -1.86. The summed E-state index contributed by atoms with van der Waals surface area (Å²) in [5.74, 6) is 0. The maximum Gasteiger partial charge on any atom is 0.0387 e. The molecule has 1 fully saturated rings. The van der Waals surface area contributed by atoms with Gasteiger partial charge < -0.3 is 5.73 Å². The van der Waals surface area contributed by atoms with Crippen molar-refractivity contribution in [3.05, 3.63) is 35.4 Å². The molecular weight excluding hydrogens is 134 g/mol. The minimum absolute atomic E-state index is 0.881. The highest BCUT2D eigenvalue weighted by molar-refractivity contribution is 5.67. The Hall–Kier alpha value is -1.24. The maximum atomic E-state index is 5.75. The van der Waals surface area contributed by atoms with Gasteiger partial charge in [0.1, 0.15) is 0 Å². The van der Waals surface area contributed by atoms with Gasteiger partial charge in [0.05, 0.1) is 0 Å². The molecule has 56 valence electrons. The third kappa shape index (κ3) is 1.43. The number of hydrogen-bond acceptors (Lipinski definition) is 1. The molecule has 0 radical (unpaired) electrons. The van der Waals surface area contributed by atoms with Gasteiger partial charge in [0.2, 0.25) is 0 Å². The Morgan fingerprint density at radius 2 is 1.91 bits per heavy atom. The number of rotatable bonds is 1. The van der Waals surface area contributed by atoms with E-state index >= 15 is 0 Å². The average Bonchev–Trinajstić information content (AvgIpc) is 2.78. The van der Waals surface area contributed by atoms with E-state index in [1.54, 1.807) is 0 Å². The Kier molecular flexibility index (Phi) is 1.42. The van der Waals surface area contributed by atoms with Crippen LogP contribution in [-0.2, 0) is 0 Å². The van der Waals surface area contributed by atoms with E-state index in [9.17, 15) is 0 Å². The quantitative estimate of drug-likeness (QED) is 0.603. The van der Waals surface area contributed by atoms with E-state index in [1.165, 1.54) is 24.0 Å². The SMILES string of the molecule is Nc1ccccc1C=C1CC1. The summed E-state index contributed by atoms with van der Waals surface area (Å²) in [5.41, 5.74) is 9.32. The minimum atomic E-state index is 0.881. The molecule has 0 bridgehead atoms. The van der Waals surface area contributed by atoms with Crippen molar-refractivity contribution in [3.63, 3.8) is 0 Å². The number of allylic oxidation sites excluding steroid dienone is 1. The fraction of sp³-hybridized carbons (Fsp3) is 0.200. The van der Waals surface area contributed by atoms with Crippen molar-refractivity contribution < 1.29 is 0 Å². The van der Waals surface area contributed by atoms with Crippen LogP contribution in [0.2, 0.25) is 0 Å². The second-order valence-corrected chi connectivity index (χ2v) is 2.93. The van der Waals surface area contributed by atoms with Gasteiger partial charge in [-0.05, 0) is 24.5 Å². The Morgan fingerprint density at radius 3 is 2.55 bits per heavy atom. The highest BCUT2D eigenvalue weighted by atomic mass is 14.5. The molecule has 0 amide bonds. The van der Waals surface area contributed by atoms with Crippen LogP contribution < -0.4 is 5.73 Å². The van der Waals surface area contributed by atoms with Crippen molar-refractivity contribution in [2.75, 3.05) is 5.73 Å². The first-order valence-corrected chi connectivity index (χ1v) is 3.90. The molecule has 1 aromatic rings. The number of nitrogens with two attached hydrogens (primary N) is 1. The molecule has 2 rings (SSSR count). The maximum absolute atomic E-state index is 5.75. The van der Waals surface area contributed by atoms with Gasteiger partial charge >= 0.3 is 0 Å². The van der Waals surface area contributed by atoms with Crippen LogP contribution in [0.3, 0.4) is 0 Å². The van der Waals surface area contributed by atoms with Crippen molar-refractivity contribution in [1.82, 2.24) is 0 Å². The summed E-state index contributed by atoms with van der Waals surface area (Å²) < 4.78 is 0. The third-order valence-corrected chi connectivity index (χ3v) is 1.89. The van der Waals surface area contributed by atoms with Crippen LogP contribution in [0.1, 0.15) is 18.4 Å². The van der Waals surface area contributed by atoms with E-state index in [1.807, 2.05) is 18.2 Å². The summed E-state index contributed by atoms with van der Waals surface area (Å²) in [5, 5.41) is 0. The lowest BCUT2D eigenvalue weighted by Gasteiger charge is -1.96. The first kappa shape index (κ1) is 6.47. The zero-order valence-electron chi connectivity index (χ0n) is 6.38.